The van der Waals surface area contributed by atoms with Crippen molar-refractivity contribution in [3.63, 3.8) is 0 Å². The molecule has 11 nitrogen and oxygen atoms in total. The van der Waals surface area contributed by atoms with E-state index in [9.17, 15) is 15.0 Å². The third-order valence-corrected chi connectivity index (χ3v) is 8.75. The first kappa shape index (κ1) is 26.8. The van der Waals surface area contributed by atoms with E-state index >= 15 is 0 Å². The highest BCUT2D eigenvalue weighted by Crippen LogP contribution is 2.37. The van der Waals surface area contributed by atoms with Crippen LogP contribution in [0, 0.1) is 5.92 Å². The lowest BCUT2D eigenvalue weighted by Gasteiger charge is -2.23. The van der Waals surface area contributed by atoms with Crippen LogP contribution >= 0.6 is 0 Å². The second kappa shape index (κ2) is 11.0. The minimum atomic E-state index is -1.09. The Balaban J connectivity index is 1.28. The maximum absolute atomic E-state index is 12.5. The zero-order valence-corrected chi connectivity index (χ0v) is 23.3. The van der Waals surface area contributed by atoms with E-state index in [1.165, 1.54) is 0 Å². The average molecular weight is 569 g/mol. The maximum atomic E-state index is 12.5. The monoisotopic (exact) mass is 568 g/mol. The predicted molar refractivity (Wildman–Crippen MR) is 159 cm³/mol. The smallest absolute Gasteiger partial charge is 0.229 e. The molecule has 0 unspecified atom stereocenters. The van der Waals surface area contributed by atoms with E-state index in [0.29, 0.717) is 35.9 Å². The predicted octanol–water partition coefficient (Wildman–Crippen LogP) is 2.13. The number of hydrogen-bond acceptors (Lipinski definition) is 9. The summed E-state index contributed by atoms with van der Waals surface area (Å²) in [6.45, 7) is 1.38. The summed E-state index contributed by atoms with van der Waals surface area (Å²) in [5.74, 6) is 1.06. The normalized spacial score (nSPS) is 25.8. The third-order valence-electron chi connectivity index (χ3n) is 8.75. The summed E-state index contributed by atoms with van der Waals surface area (Å²) in [5.41, 5.74) is 9.50. The molecule has 2 aromatic heterocycles. The molecule has 0 radical (unpaired) electrons. The molecule has 3 fully saturated rings. The minimum Gasteiger partial charge on any atom is -0.388 e. The molecule has 0 bridgehead atoms. The Morgan fingerprint density at radius 2 is 1.64 bits per heavy atom. The van der Waals surface area contributed by atoms with Gasteiger partial charge < -0.3 is 36.0 Å². The molecule has 3 heterocycles. The van der Waals surface area contributed by atoms with E-state index in [1.54, 1.807) is 6.33 Å². The SMILES string of the molecule is N[C@@H]1CCN(c2nc(NC(c3ccccc3)c3ccccc3)c3ncn([C@@H]4C[C@H](NC(=O)C5CC5)[C@@H](O)[C@H]4O)c3n2)C1. The number of carbonyl (C=O) groups excluding carboxylic acids is 1. The van der Waals surface area contributed by atoms with Crippen LogP contribution in [0.2, 0.25) is 0 Å². The van der Waals surface area contributed by atoms with Crippen LogP contribution in [-0.4, -0.2) is 73.0 Å². The molecule has 2 aliphatic carbocycles. The second-order valence-electron chi connectivity index (χ2n) is 11.8. The van der Waals surface area contributed by atoms with Crippen molar-refractivity contribution >= 4 is 28.8 Å². The highest BCUT2D eigenvalue weighted by Gasteiger charge is 2.45. The lowest BCUT2D eigenvalue weighted by atomic mass is 9.99. The van der Waals surface area contributed by atoms with Gasteiger partial charge >= 0.3 is 0 Å². The van der Waals surface area contributed by atoms with Gasteiger partial charge in [0.05, 0.1) is 24.5 Å². The fourth-order valence-electron chi connectivity index (χ4n) is 6.22. The molecule has 2 aromatic carbocycles. The molecule has 0 spiro atoms. The molecular weight excluding hydrogens is 532 g/mol. The number of carbonyl (C=O) groups is 1. The van der Waals surface area contributed by atoms with Crippen LogP contribution in [0.1, 0.15) is 48.9 Å². The van der Waals surface area contributed by atoms with Crippen molar-refractivity contribution in [2.75, 3.05) is 23.3 Å². The van der Waals surface area contributed by atoms with Crippen LogP contribution in [0.4, 0.5) is 11.8 Å². The minimum absolute atomic E-state index is 0.0143. The van der Waals surface area contributed by atoms with Crippen molar-refractivity contribution in [1.29, 1.82) is 0 Å². The molecule has 42 heavy (non-hydrogen) atoms. The molecule has 2 saturated carbocycles. The van der Waals surface area contributed by atoms with Crippen molar-refractivity contribution < 1.29 is 15.0 Å². The first-order valence-electron chi connectivity index (χ1n) is 14.7. The summed E-state index contributed by atoms with van der Waals surface area (Å²) in [5, 5.41) is 28.6. The lowest BCUT2D eigenvalue weighted by Crippen LogP contribution is -2.43. The Labute approximate surface area is 243 Å². The maximum Gasteiger partial charge on any atom is 0.229 e. The molecule has 4 aromatic rings. The first-order chi connectivity index (χ1) is 20.5. The Morgan fingerprint density at radius 3 is 2.26 bits per heavy atom. The van der Waals surface area contributed by atoms with Gasteiger partial charge in [-0.1, -0.05) is 60.7 Å². The van der Waals surface area contributed by atoms with Crippen LogP contribution in [0.3, 0.4) is 0 Å². The number of benzene rings is 2. The number of nitrogens with one attached hydrogen (secondary N) is 2. The quantitative estimate of drug-likeness (QED) is 0.215. The molecule has 6 N–H and O–H groups in total. The summed E-state index contributed by atoms with van der Waals surface area (Å²) in [6, 6.07) is 19.1. The molecule has 11 heteroatoms. The van der Waals surface area contributed by atoms with E-state index in [1.807, 2.05) is 41.0 Å². The van der Waals surface area contributed by atoms with E-state index < -0.39 is 24.3 Å². The van der Waals surface area contributed by atoms with Gasteiger partial charge in [-0.2, -0.15) is 9.97 Å². The Hall–Kier alpha value is -4.06. The van der Waals surface area contributed by atoms with Crippen LogP contribution in [0.5, 0.6) is 0 Å². The Morgan fingerprint density at radius 1 is 0.952 bits per heavy atom. The zero-order valence-electron chi connectivity index (χ0n) is 23.3. The molecule has 1 aliphatic heterocycles. The van der Waals surface area contributed by atoms with E-state index in [-0.39, 0.29) is 23.9 Å². The number of aliphatic hydroxyl groups is 2. The number of imidazole rings is 1. The van der Waals surface area contributed by atoms with Crippen molar-refractivity contribution in [2.45, 2.75) is 62.1 Å². The van der Waals surface area contributed by atoms with E-state index in [4.69, 9.17) is 20.7 Å². The van der Waals surface area contributed by atoms with Gasteiger partial charge in [0, 0.05) is 25.0 Å². The second-order valence-corrected chi connectivity index (χ2v) is 11.8. The number of nitrogens with two attached hydrogens (primary N) is 1. The number of hydrogen-bond donors (Lipinski definition) is 5. The zero-order chi connectivity index (χ0) is 28.8. The summed E-state index contributed by atoms with van der Waals surface area (Å²) in [7, 11) is 0. The lowest BCUT2D eigenvalue weighted by molar-refractivity contribution is -0.123. The number of rotatable bonds is 8. The molecular formula is C31H36N8O3. The Bertz CT molecular complexity index is 1520. The fraction of sp³-hybridized carbons (Fsp3) is 0.419. The number of fused-ring (bicyclic) bond motifs is 1. The van der Waals surface area contributed by atoms with Crippen LogP contribution in [-0.2, 0) is 4.79 Å². The average Bonchev–Trinajstić information content (AvgIpc) is 3.56. The van der Waals surface area contributed by atoms with Gasteiger partial charge in [0.15, 0.2) is 17.0 Å². The van der Waals surface area contributed by atoms with Gasteiger partial charge in [0.2, 0.25) is 11.9 Å². The Kier molecular flexibility index (Phi) is 7.01. The van der Waals surface area contributed by atoms with Crippen molar-refractivity contribution in [2.24, 2.45) is 11.7 Å². The summed E-state index contributed by atoms with van der Waals surface area (Å²) in [4.78, 5) is 29.1. The number of aromatic nitrogens is 4. The molecule has 1 amide bonds. The topological polar surface area (TPSA) is 154 Å². The van der Waals surface area contributed by atoms with Crippen molar-refractivity contribution in [1.82, 2.24) is 24.8 Å². The van der Waals surface area contributed by atoms with Gasteiger partial charge in [0.1, 0.15) is 12.2 Å². The number of anilines is 2. The fourth-order valence-corrected chi connectivity index (χ4v) is 6.22. The van der Waals surface area contributed by atoms with Crippen molar-refractivity contribution in [3.8, 4) is 0 Å². The van der Waals surface area contributed by atoms with E-state index in [0.717, 1.165) is 36.9 Å². The summed E-state index contributed by atoms with van der Waals surface area (Å²) in [6.07, 6.45) is 2.41. The van der Waals surface area contributed by atoms with Gasteiger partial charge in [-0.3, -0.25) is 4.79 Å². The molecule has 218 valence electrons. The van der Waals surface area contributed by atoms with Gasteiger partial charge in [-0.05, 0) is 36.8 Å². The molecule has 1 saturated heterocycles. The van der Waals surface area contributed by atoms with Gasteiger partial charge in [-0.15, -0.1) is 0 Å². The molecule has 3 aliphatic rings. The third kappa shape index (κ3) is 5.08. The van der Waals surface area contributed by atoms with Crippen molar-refractivity contribution in [3.05, 3.63) is 78.1 Å². The van der Waals surface area contributed by atoms with Gasteiger partial charge in [0.25, 0.3) is 0 Å². The summed E-state index contributed by atoms with van der Waals surface area (Å²) >= 11 is 0. The highest BCUT2D eigenvalue weighted by atomic mass is 16.3. The summed E-state index contributed by atoms with van der Waals surface area (Å²) < 4.78 is 1.82. The van der Waals surface area contributed by atoms with Gasteiger partial charge in [-0.25, -0.2) is 4.98 Å². The standard InChI is InChI=1S/C31H36N8O3/c32-21-13-14-38(16-21)31-36-28(35-24(18-7-3-1-4-8-18)19-9-5-2-6-10-19)25-29(37-31)39(17-33-25)23-15-22(26(40)27(23)41)34-30(42)20-11-12-20/h1-10,17,20-24,26-27,40-41H,11-16,32H2,(H,34,42)(H,35,36,37)/t21-,22+,23-,26-,27+/m1/s1. The molecule has 7 rings (SSSR count). The number of amides is 1. The number of aliphatic hydroxyl groups excluding tert-OH is 2. The first-order valence-corrected chi connectivity index (χ1v) is 14.7. The largest absolute Gasteiger partial charge is 0.388 e. The van der Waals surface area contributed by atoms with Crippen LogP contribution < -0.4 is 21.3 Å². The van der Waals surface area contributed by atoms with E-state index in [2.05, 4.69) is 39.8 Å². The molecule has 5 atom stereocenters. The highest BCUT2D eigenvalue weighted by molar-refractivity contribution is 5.85. The van der Waals surface area contributed by atoms with Crippen LogP contribution in [0.25, 0.3) is 11.2 Å². The van der Waals surface area contributed by atoms with Crippen LogP contribution in [0.15, 0.2) is 67.0 Å². The number of nitrogens with zero attached hydrogens (tertiary/aromatic N) is 5.